The number of carbonyl (C=O) groups is 2. The van der Waals surface area contributed by atoms with Crippen LogP contribution in [0.1, 0.15) is 57.2 Å². The van der Waals surface area contributed by atoms with Crippen molar-refractivity contribution in [3.05, 3.63) is 34.9 Å². The maximum Gasteiger partial charge on any atom is 0.314 e. The largest absolute Gasteiger partial charge is 0.393 e. The lowest BCUT2D eigenvalue weighted by Crippen LogP contribution is -2.37. The molecule has 0 atom stereocenters. The Morgan fingerprint density at radius 1 is 1.10 bits per heavy atom. The molecule has 0 unspecified atom stereocenters. The summed E-state index contributed by atoms with van der Waals surface area (Å²) in [5.74, 6) is -0.853. The molecule has 1 aliphatic rings. The molecule has 0 amide bonds. The molecule has 0 aliphatic carbocycles. The fraction of sp³-hybridized carbons (Fsp3) is 0.529. The monoisotopic (exact) mass is 274 g/mol. The highest BCUT2D eigenvalue weighted by Gasteiger charge is 2.40. The fourth-order valence-electron chi connectivity index (χ4n) is 2.83. The van der Waals surface area contributed by atoms with Crippen LogP contribution in [0.2, 0.25) is 0 Å². The second-order valence-electron chi connectivity index (χ2n) is 7.04. The standard InChI is InChI=1S/C17H22O3/c1-11-6-7-12(16(2,3)4)8-13(11)17(5)9-14(18)20-15(19)10-17/h6-8H,9-10H2,1-5H3. The summed E-state index contributed by atoms with van der Waals surface area (Å²) < 4.78 is 4.66. The average molecular weight is 274 g/mol. The highest BCUT2D eigenvalue weighted by Crippen LogP contribution is 2.38. The predicted octanol–water partition coefficient (Wildman–Crippen LogP) is 3.41. The number of cyclic esters (lactones) is 2. The van der Waals surface area contributed by atoms with Crippen LogP contribution in [0.15, 0.2) is 18.2 Å². The van der Waals surface area contributed by atoms with Crippen molar-refractivity contribution in [3.63, 3.8) is 0 Å². The van der Waals surface area contributed by atoms with E-state index in [2.05, 4.69) is 43.7 Å². The van der Waals surface area contributed by atoms with E-state index in [1.54, 1.807) is 0 Å². The van der Waals surface area contributed by atoms with Gasteiger partial charge in [-0.2, -0.15) is 0 Å². The van der Waals surface area contributed by atoms with Gasteiger partial charge in [0.1, 0.15) is 0 Å². The van der Waals surface area contributed by atoms with Gasteiger partial charge in [-0.25, -0.2) is 0 Å². The Balaban J connectivity index is 2.50. The molecule has 1 aliphatic heterocycles. The van der Waals surface area contributed by atoms with Gasteiger partial charge in [-0.15, -0.1) is 0 Å². The van der Waals surface area contributed by atoms with Crippen LogP contribution in [0.4, 0.5) is 0 Å². The molecular weight excluding hydrogens is 252 g/mol. The minimum atomic E-state index is -0.461. The Morgan fingerprint density at radius 2 is 1.65 bits per heavy atom. The van der Waals surface area contributed by atoms with E-state index in [1.807, 2.05) is 13.8 Å². The van der Waals surface area contributed by atoms with E-state index in [-0.39, 0.29) is 18.3 Å². The minimum Gasteiger partial charge on any atom is -0.393 e. The summed E-state index contributed by atoms with van der Waals surface area (Å²) in [5, 5.41) is 0. The highest BCUT2D eigenvalue weighted by molar-refractivity contribution is 5.90. The molecule has 1 aromatic carbocycles. The van der Waals surface area contributed by atoms with Crippen molar-refractivity contribution in [2.75, 3.05) is 0 Å². The fourth-order valence-corrected chi connectivity index (χ4v) is 2.83. The van der Waals surface area contributed by atoms with Gasteiger partial charge >= 0.3 is 11.9 Å². The number of benzene rings is 1. The third kappa shape index (κ3) is 2.77. The lowest BCUT2D eigenvalue weighted by Gasteiger charge is -2.34. The van der Waals surface area contributed by atoms with Gasteiger partial charge < -0.3 is 4.74 Å². The van der Waals surface area contributed by atoms with Gasteiger partial charge in [0, 0.05) is 5.41 Å². The van der Waals surface area contributed by atoms with Crippen molar-refractivity contribution < 1.29 is 14.3 Å². The first-order valence-corrected chi connectivity index (χ1v) is 6.97. The van der Waals surface area contributed by atoms with Crippen molar-refractivity contribution in [1.29, 1.82) is 0 Å². The SMILES string of the molecule is Cc1ccc(C(C)(C)C)cc1C1(C)CC(=O)OC(=O)C1. The van der Waals surface area contributed by atoms with E-state index in [0.717, 1.165) is 11.1 Å². The Kier molecular flexibility index (Phi) is 3.49. The van der Waals surface area contributed by atoms with Gasteiger partial charge in [-0.1, -0.05) is 45.9 Å². The summed E-state index contributed by atoms with van der Waals surface area (Å²) in [7, 11) is 0. The van der Waals surface area contributed by atoms with Crippen LogP contribution in [0, 0.1) is 6.92 Å². The summed E-state index contributed by atoms with van der Waals surface area (Å²) in [6.07, 6.45) is 0.514. The topological polar surface area (TPSA) is 43.4 Å². The lowest BCUT2D eigenvalue weighted by atomic mass is 9.72. The Morgan fingerprint density at radius 3 is 2.15 bits per heavy atom. The molecule has 0 N–H and O–H groups in total. The molecule has 1 saturated heterocycles. The molecule has 3 nitrogen and oxygen atoms in total. The first kappa shape index (κ1) is 14.8. The second kappa shape index (κ2) is 4.72. The molecule has 0 spiro atoms. The summed E-state index contributed by atoms with van der Waals surface area (Å²) in [4.78, 5) is 23.2. The van der Waals surface area contributed by atoms with Crippen LogP contribution in [0.3, 0.4) is 0 Å². The second-order valence-corrected chi connectivity index (χ2v) is 7.04. The number of carbonyl (C=O) groups excluding carboxylic acids is 2. The first-order chi connectivity index (χ1) is 9.12. The van der Waals surface area contributed by atoms with Crippen molar-refractivity contribution in [2.24, 2.45) is 0 Å². The summed E-state index contributed by atoms with van der Waals surface area (Å²) in [6.45, 7) is 10.5. The summed E-state index contributed by atoms with van der Waals surface area (Å²) >= 11 is 0. The third-order valence-corrected chi connectivity index (χ3v) is 4.05. The molecule has 108 valence electrons. The van der Waals surface area contributed by atoms with Crippen molar-refractivity contribution in [2.45, 2.75) is 58.3 Å². The smallest absolute Gasteiger partial charge is 0.314 e. The van der Waals surface area contributed by atoms with Gasteiger partial charge in [-0.05, 0) is 29.0 Å². The molecule has 0 saturated carbocycles. The number of esters is 2. The molecule has 0 radical (unpaired) electrons. The van der Waals surface area contributed by atoms with Crippen LogP contribution < -0.4 is 0 Å². The van der Waals surface area contributed by atoms with E-state index < -0.39 is 17.4 Å². The number of hydrogen-bond acceptors (Lipinski definition) is 3. The molecule has 0 aromatic heterocycles. The zero-order valence-corrected chi connectivity index (χ0v) is 12.9. The van der Waals surface area contributed by atoms with Gasteiger partial charge in [-0.3, -0.25) is 9.59 Å². The Hall–Kier alpha value is -1.64. The van der Waals surface area contributed by atoms with Crippen LogP contribution in [-0.4, -0.2) is 11.9 Å². The predicted molar refractivity (Wildman–Crippen MR) is 77.6 cm³/mol. The van der Waals surface area contributed by atoms with Crippen LogP contribution in [-0.2, 0) is 25.2 Å². The van der Waals surface area contributed by atoms with Crippen LogP contribution >= 0.6 is 0 Å². The lowest BCUT2D eigenvalue weighted by molar-refractivity contribution is -0.166. The van der Waals surface area contributed by atoms with Crippen molar-refractivity contribution >= 4 is 11.9 Å². The first-order valence-electron chi connectivity index (χ1n) is 6.97. The number of aryl methyl sites for hydroxylation is 1. The minimum absolute atomic E-state index is 0.0397. The number of ether oxygens (including phenoxy) is 1. The van der Waals surface area contributed by atoms with Gasteiger partial charge in [0.25, 0.3) is 0 Å². The summed E-state index contributed by atoms with van der Waals surface area (Å²) in [5.41, 5.74) is 2.99. The number of rotatable bonds is 1. The van der Waals surface area contributed by atoms with Crippen molar-refractivity contribution in [3.8, 4) is 0 Å². The Bertz CT molecular complexity index is 548. The maximum absolute atomic E-state index is 11.6. The molecule has 1 fully saturated rings. The van der Waals surface area contributed by atoms with Gasteiger partial charge in [0.05, 0.1) is 12.8 Å². The zero-order chi connectivity index (χ0) is 15.1. The van der Waals surface area contributed by atoms with E-state index in [0.29, 0.717) is 0 Å². The third-order valence-electron chi connectivity index (χ3n) is 4.05. The average Bonchev–Trinajstić information content (AvgIpc) is 2.25. The zero-order valence-electron chi connectivity index (χ0n) is 12.9. The van der Waals surface area contributed by atoms with Gasteiger partial charge in [0.2, 0.25) is 0 Å². The Labute approximate surface area is 120 Å². The normalized spacial score (nSPS) is 18.9. The van der Waals surface area contributed by atoms with E-state index >= 15 is 0 Å². The van der Waals surface area contributed by atoms with Crippen molar-refractivity contribution in [1.82, 2.24) is 0 Å². The molecular formula is C17H22O3. The highest BCUT2D eigenvalue weighted by atomic mass is 16.6. The molecule has 3 heteroatoms. The van der Waals surface area contributed by atoms with E-state index in [4.69, 9.17) is 0 Å². The van der Waals surface area contributed by atoms with Crippen LogP contribution in [0.25, 0.3) is 0 Å². The van der Waals surface area contributed by atoms with Crippen LogP contribution in [0.5, 0.6) is 0 Å². The van der Waals surface area contributed by atoms with Gasteiger partial charge in [0.15, 0.2) is 0 Å². The summed E-state index contributed by atoms with van der Waals surface area (Å²) in [6, 6.07) is 6.33. The quantitative estimate of drug-likeness (QED) is 0.582. The molecule has 1 heterocycles. The molecule has 2 rings (SSSR count). The molecule has 1 aromatic rings. The maximum atomic E-state index is 11.6. The van der Waals surface area contributed by atoms with E-state index in [1.165, 1.54) is 5.56 Å². The molecule has 0 bridgehead atoms. The number of hydrogen-bond donors (Lipinski definition) is 0. The van der Waals surface area contributed by atoms with E-state index in [9.17, 15) is 9.59 Å². The molecule has 20 heavy (non-hydrogen) atoms.